The molecule has 38 heavy (non-hydrogen) atoms. The molecule has 0 unspecified atom stereocenters. The second-order valence-electron chi connectivity index (χ2n) is 8.80. The number of aromatic amines is 1. The Labute approximate surface area is 222 Å². The molecule has 196 valence electrons. The highest BCUT2D eigenvalue weighted by Crippen LogP contribution is 2.32. The van der Waals surface area contributed by atoms with E-state index in [1.807, 2.05) is 78.9 Å². The van der Waals surface area contributed by atoms with Crippen LogP contribution in [0, 0.1) is 0 Å². The summed E-state index contributed by atoms with van der Waals surface area (Å²) in [6.07, 6.45) is 0. The first-order valence-corrected chi connectivity index (χ1v) is 12.7. The van der Waals surface area contributed by atoms with Gasteiger partial charge in [0.1, 0.15) is 30.3 Å². The number of hydrogen-bond donors (Lipinski definition) is 2. The highest BCUT2D eigenvalue weighted by atomic mass is 16.5. The van der Waals surface area contributed by atoms with Gasteiger partial charge in [-0.05, 0) is 72.2 Å². The molecule has 4 aromatic rings. The summed E-state index contributed by atoms with van der Waals surface area (Å²) in [4.78, 5) is 29.3. The second-order valence-corrected chi connectivity index (χ2v) is 8.80. The molecule has 0 fully saturated rings. The molecule has 0 amide bonds. The zero-order valence-corrected chi connectivity index (χ0v) is 21.6. The molecular weight excluding hydrogens is 480 g/mol. The van der Waals surface area contributed by atoms with E-state index >= 15 is 0 Å². The van der Waals surface area contributed by atoms with Crippen LogP contribution in [0.5, 0.6) is 11.5 Å². The minimum atomic E-state index is -1.28. The van der Waals surface area contributed by atoms with Gasteiger partial charge in [-0.2, -0.15) is 0 Å². The van der Waals surface area contributed by atoms with Crippen LogP contribution < -0.4 is 15.0 Å². The van der Waals surface area contributed by atoms with Crippen molar-refractivity contribution in [2.75, 3.05) is 26.2 Å². The fourth-order valence-corrected chi connectivity index (χ4v) is 4.17. The standard InChI is InChI=1S/C31H32N2O5/c1-3-33(4-2)18-19-37-25-16-12-24(13-17-25)29-27(20-28(31(35)36)30(34)32-29)23-10-14-26(15-11-23)38-21-22-8-6-5-7-9-22/h5-17,20H,3-4,18-19,21H2,1-2H3,(H,32,34)(H,35,36). The van der Waals surface area contributed by atoms with Crippen molar-refractivity contribution in [3.05, 3.63) is 106 Å². The number of carboxylic acid groups (broad SMARTS) is 1. The first kappa shape index (κ1) is 26.7. The van der Waals surface area contributed by atoms with Crippen LogP contribution >= 0.6 is 0 Å². The average molecular weight is 513 g/mol. The number of carboxylic acids is 1. The van der Waals surface area contributed by atoms with Crippen LogP contribution in [0.15, 0.2) is 89.7 Å². The van der Waals surface area contributed by atoms with Crippen molar-refractivity contribution in [1.82, 2.24) is 9.88 Å². The van der Waals surface area contributed by atoms with Crippen LogP contribution in [0.1, 0.15) is 29.8 Å². The number of aromatic carboxylic acids is 1. The second kappa shape index (κ2) is 12.7. The molecule has 1 heterocycles. The molecule has 0 aliphatic heterocycles. The number of carbonyl (C=O) groups is 1. The number of benzene rings is 3. The van der Waals surface area contributed by atoms with Gasteiger partial charge >= 0.3 is 5.97 Å². The fourth-order valence-electron chi connectivity index (χ4n) is 4.17. The SMILES string of the molecule is CCN(CC)CCOc1ccc(-c2[nH]c(=O)c(C(=O)O)cc2-c2ccc(OCc3ccccc3)cc2)cc1. The monoisotopic (exact) mass is 512 g/mol. The van der Waals surface area contributed by atoms with Gasteiger partial charge in [0.2, 0.25) is 0 Å². The van der Waals surface area contributed by atoms with E-state index < -0.39 is 11.5 Å². The van der Waals surface area contributed by atoms with Crippen LogP contribution in [-0.2, 0) is 6.61 Å². The fraction of sp³-hybridized carbons (Fsp3) is 0.226. The summed E-state index contributed by atoms with van der Waals surface area (Å²) in [5.41, 5.74) is 2.73. The first-order chi connectivity index (χ1) is 18.5. The summed E-state index contributed by atoms with van der Waals surface area (Å²) < 4.78 is 11.8. The number of pyridine rings is 1. The Morgan fingerprint density at radius 1 is 0.842 bits per heavy atom. The maximum absolute atomic E-state index is 12.6. The molecule has 3 aromatic carbocycles. The van der Waals surface area contributed by atoms with E-state index in [4.69, 9.17) is 9.47 Å². The van der Waals surface area contributed by atoms with Gasteiger partial charge in [-0.15, -0.1) is 0 Å². The Bertz CT molecular complexity index is 1390. The Balaban J connectivity index is 1.57. The number of nitrogens with one attached hydrogen (secondary N) is 1. The molecule has 7 nitrogen and oxygen atoms in total. The molecule has 4 rings (SSSR count). The lowest BCUT2D eigenvalue weighted by molar-refractivity contribution is 0.0695. The molecule has 0 radical (unpaired) electrons. The van der Waals surface area contributed by atoms with Crippen molar-refractivity contribution in [3.8, 4) is 33.9 Å². The number of likely N-dealkylation sites (N-methyl/N-ethyl adjacent to an activating group) is 1. The molecule has 0 bridgehead atoms. The minimum Gasteiger partial charge on any atom is -0.492 e. The summed E-state index contributed by atoms with van der Waals surface area (Å²) >= 11 is 0. The van der Waals surface area contributed by atoms with E-state index in [2.05, 4.69) is 23.7 Å². The molecule has 0 spiro atoms. The number of hydrogen-bond acceptors (Lipinski definition) is 5. The maximum Gasteiger partial charge on any atom is 0.341 e. The van der Waals surface area contributed by atoms with Crippen LogP contribution in [0.2, 0.25) is 0 Å². The molecule has 0 saturated carbocycles. The van der Waals surface area contributed by atoms with Gasteiger partial charge < -0.3 is 24.5 Å². The van der Waals surface area contributed by atoms with E-state index in [1.165, 1.54) is 6.07 Å². The van der Waals surface area contributed by atoms with Gasteiger partial charge in [0.15, 0.2) is 0 Å². The third kappa shape index (κ3) is 6.69. The molecule has 2 N–H and O–H groups in total. The highest BCUT2D eigenvalue weighted by molar-refractivity contribution is 5.91. The number of ether oxygens (including phenoxy) is 2. The summed E-state index contributed by atoms with van der Waals surface area (Å²) in [7, 11) is 0. The van der Waals surface area contributed by atoms with Gasteiger partial charge in [0.05, 0.1) is 5.69 Å². The topological polar surface area (TPSA) is 91.9 Å². The van der Waals surface area contributed by atoms with Crippen LogP contribution in [0.3, 0.4) is 0 Å². The smallest absolute Gasteiger partial charge is 0.341 e. The van der Waals surface area contributed by atoms with Gasteiger partial charge in [0, 0.05) is 12.1 Å². The Morgan fingerprint density at radius 3 is 2.05 bits per heavy atom. The number of nitrogens with zero attached hydrogens (tertiary/aromatic N) is 1. The Hall–Kier alpha value is -4.36. The van der Waals surface area contributed by atoms with Crippen molar-refractivity contribution >= 4 is 5.97 Å². The summed E-state index contributed by atoms with van der Waals surface area (Å²) in [5.74, 6) is 0.138. The Kier molecular flexibility index (Phi) is 8.95. The molecule has 0 saturated heterocycles. The lowest BCUT2D eigenvalue weighted by Gasteiger charge is -2.18. The van der Waals surface area contributed by atoms with Crippen molar-refractivity contribution in [2.45, 2.75) is 20.5 Å². The van der Waals surface area contributed by atoms with Gasteiger partial charge in [-0.25, -0.2) is 4.79 Å². The molecule has 7 heteroatoms. The lowest BCUT2D eigenvalue weighted by atomic mass is 9.97. The highest BCUT2D eigenvalue weighted by Gasteiger charge is 2.17. The predicted octanol–water partition coefficient (Wildman–Crippen LogP) is 5.71. The molecular formula is C31H32N2O5. The van der Waals surface area contributed by atoms with Crippen LogP contribution in [-0.4, -0.2) is 47.2 Å². The number of aromatic nitrogens is 1. The van der Waals surface area contributed by atoms with Crippen LogP contribution in [0.4, 0.5) is 0 Å². The minimum absolute atomic E-state index is 0.315. The Morgan fingerprint density at radius 2 is 1.45 bits per heavy atom. The van der Waals surface area contributed by atoms with Gasteiger partial charge in [-0.1, -0.05) is 56.3 Å². The average Bonchev–Trinajstić information content (AvgIpc) is 2.95. The maximum atomic E-state index is 12.6. The zero-order valence-electron chi connectivity index (χ0n) is 21.6. The van der Waals surface area contributed by atoms with E-state index in [0.29, 0.717) is 30.2 Å². The van der Waals surface area contributed by atoms with E-state index in [-0.39, 0.29) is 5.56 Å². The third-order valence-corrected chi connectivity index (χ3v) is 6.40. The quantitative estimate of drug-likeness (QED) is 0.253. The molecule has 1 aromatic heterocycles. The third-order valence-electron chi connectivity index (χ3n) is 6.40. The zero-order chi connectivity index (χ0) is 26.9. The summed E-state index contributed by atoms with van der Waals surface area (Å²) in [6, 6.07) is 26.1. The number of rotatable bonds is 12. The largest absolute Gasteiger partial charge is 0.492 e. The van der Waals surface area contributed by atoms with Gasteiger partial charge in [-0.3, -0.25) is 4.79 Å². The molecule has 0 aliphatic rings. The van der Waals surface area contributed by atoms with Gasteiger partial charge in [0.25, 0.3) is 5.56 Å². The van der Waals surface area contributed by atoms with Crippen molar-refractivity contribution in [2.24, 2.45) is 0 Å². The van der Waals surface area contributed by atoms with Crippen molar-refractivity contribution < 1.29 is 19.4 Å². The van der Waals surface area contributed by atoms with E-state index in [0.717, 1.165) is 42.1 Å². The normalized spacial score (nSPS) is 10.9. The van der Waals surface area contributed by atoms with Crippen molar-refractivity contribution in [3.63, 3.8) is 0 Å². The summed E-state index contributed by atoms with van der Waals surface area (Å²) in [5, 5.41) is 9.55. The molecule has 0 aliphatic carbocycles. The molecule has 0 atom stereocenters. The van der Waals surface area contributed by atoms with E-state index in [1.54, 1.807) is 0 Å². The predicted molar refractivity (Wildman–Crippen MR) is 149 cm³/mol. The van der Waals surface area contributed by atoms with Crippen LogP contribution in [0.25, 0.3) is 22.4 Å². The van der Waals surface area contributed by atoms with E-state index in [9.17, 15) is 14.7 Å². The number of H-pyrrole nitrogens is 1. The van der Waals surface area contributed by atoms with Crippen molar-refractivity contribution in [1.29, 1.82) is 0 Å². The first-order valence-electron chi connectivity index (χ1n) is 12.7. The summed E-state index contributed by atoms with van der Waals surface area (Å²) in [6.45, 7) is 8.05. The lowest BCUT2D eigenvalue weighted by Crippen LogP contribution is -2.27.